The van der Waals surface area contributed by atoms with E-state index in [1.807, 2.05) is 6.92 Å². The minimum absolute atomic E-state index is 0.134. The molecule has 1 heterocycles. The van der Waals surface area contributed by atoms with Gasteiger partial charge in [0.05, 0.1) is 12.6 Å². The Hall–Kier alpha value is -1.52. The Morgan fingerprint density at radius 2 is 2.17 bits per heavy atom. The number of aliphatic hydroxyl groups excluding tert-OH is 1. The molecule has 0 aliphatic rings. The van der Waals surface area contributed by atoms with E-state index in [0.29, 0.717) is 11.1 Å². The van der Waals surface area contributed by atoms with Crippen LogP contribution in [0.5, 0.6) is 5.75 Å². The van der Waals surface area contributed by atoms with Crippen molar-refractivity contribution in [2.45, 2.75) is 19.6 Å². The third kappa shape index (κ3) is 2.35. The average molecular weight is 270 g/mol. The fourth-order valence-electron chi connectivity index (χ4n) is 1.97. The Bertz CT molecular complexity index is 568. The summed E-state index contributed by atoms with van der Waals surface area (Å²) in [6.07, 6.45) is 3.21. The van der Waals surface area contributed by atoms with Crippen LogP contribution in [0.25, 0.3) is 0 Å². The Morgan fingerprint density at radius 1 is 1.44 bits per heavy atom. The smallest absolute Gasteiger partial charge is 0.133 e. The second kappa shape index (κ2) is 5.00. The highest BCUT2D eigenvalue weighted by atomic mass is 35.5. The third-order valence-corrected chi connectivity index (χ3v) is 3.29. The van der Waals surface area contributed by atoms with Crippen molar-refractivity contribution in [2.75, 3.05) is 0 Å². The maximum Gasteiger partial charge on any atom is 0.133 e. The van der Waals surface area contributed by atoms with E-state index in [1.165, 1.54) is 24.4 Å². The summed E-state index contributed by atoms with van der Waals surface area (Å²) in [5.74, 6) is -0.315. The summed E-state index contributed by atoms with van der Waals surface area (Å²) in [5, 5.41) is 18.8. The fourth-order valence-corrected chi connectivity index (χ4v) is 2.24. The molecule has 0 unspecified atom stereocenters. The largest absolute Gasteiger partial charge is 0.506 e. The lowest BCUT2D eigenvalue weighted by Crippen LogP contribution is -2.08. The molecule has 96 valence electrons. The van der Waals surface area contributed by atoms with Gasteiger partial charge >= 0.3 is 0 Å². The highest BCUT2D eigenvalue weighted by Crippen LogP contribution is 2.29. The maximum absolute atomic E-state index is 13.4. The molecular weight excluding hydrogens is 257 g/mol. The number of aromatic nitrogens is 1. The van der Waals surface area contributed by atoms with Gasteiger partial charge in [0.25, 0.3) is 0 Å². The highest BCUT2D eigenvalue weighted by molar-refractivity contribution is 6.31. The van der Waals surface area contributed by atoms with Gasteiger partial charge in [0, 0.05) is 23.0 Å². The van der Waals surface area contributed by atoms with Crippen LogP contribution in [0.3, 0.4) is 0 Å². The molecule has 18 heavy (non-hydrogen) atoms. The first kappa shape index (κ1) is 12.9. The van der Waals surface area contributed by atoms with E-state index in [4.69, 9.17) is 11.6 Å². The molecule has 0 radical (unpaired) electrons. The van der Waals surface area contributed by atoms with Gasteiger partial charge in [-0.2, -0.15) is 0 Å². The predicted molar refractivity (Wildman–Crippen MR) is 67.2 cm³/mol. The second-order valence-electron chi connectivity index (χ2n) is 4.11. The van der Waals surface area contributed by atoms with E-state index >= 15 is 0 Å². The lowest BCUT2D eigenvalue weighted by molar-refractivity contribution is 0.279. The average Bonchev–Trinajstić information content (AvgIpc) is 2.74. The lowest BCUT2D eigenvalue weighted by atomic mass is 10.0. The molecule has 3 nitrogen and oxygen atoms in total. The summed E-state index contributed by atoms with van der Waals surface area (Å²) in [4.78, 5) is 0. The monoisotopic (exact) mass is 269 g/mol. The highest BCUT2D eigenvalue weighted by Gasteiger charge is 2.16. The first-order chi connectivity index (χ1) is 8.52. The number of benzene rings is 1. The Labute approximate surface area is 109 Å². The summed E-state index contributed by atoms with van der Waals surface area (Å²) in [7, 11) is 0. The quantitative estimate of drug-likeness (QED) is 0.899. The van der Waals surface area contributed by atoms with Crippen molar-refractivity contribution in [2.24, 2.45) is 0 Å². The molecule has 0 saturated carbocycles. The molecule has 1 atom stereocenters. The molecule has 2 aromatic rings. The number of rotatable bonds is 3. The van der Waals surface area contributed by atoms with E-state index in [2.05, 4.69) is 0 Å². The SMILES string of the molecule is C[C@@H](c1cc(F)cc(Cl)c1CO)n1ccc(O)c1. The van der Waals surface area contributed by atoms with Gasteiger partial charge in [-0.25, -0.2) is 4.39 Å². The van der Waals surface area contributed by atoms with Crippen molar-refractivity contribution >= 4 is 11.6 Å². The zero-order valence-electron chi connectivity index (χ0n) is 9.77. The zero-order valence-corrected chi connectivity index (χ0v) is 10.5. The van der Waals surface area contributed by atoms with Crippen LogP contribution in [0.4, 0.5) is 4.39 Å². The number of nitrogens with zero attached hydrogens (tertiary/aromatic N) is 1. The molecule has 0 bridgehead atoms. The van der Waals surface area contributed by atoms with Crippen molar-refractivity contribution in [3.63, 3.8) is 0 Å². The number of aliphatic hydroxyl groups is 1. The number of aromatic hydroxyl groups is 1. The summed E-state index contributed by atoms with van der Waals surface area (Å²) in [6, 6.07) is 3.83. The lowest BCUT2D eigenvalue weighted by Gasteiger charge is -2.18. The van der Waals surface area contributed by atoms with Crippen LogP contribution in [0, 0.1) is 5.82 Å². The second-order valence-corrected chi connectivity index (χ2v) is 4.51. The Balaban J connectivity index is 2.49. The van der Waals surface area contributed by atoms with E-state index in [1.54, 1.807) is 10.8 Å². The van der Waals surface area contributed by atoms with Crippen molar-refractivity contribution in [3.05, 3.63) is 52.6 Å². The standard InChI is InChI=1S/C13H13ClFNO2/c1-8(16-3-2-10(18)6-16)11-4-9(15)5-13(14)12(11)7-17/h2-6,8,17-18H,7H2,1H3/t8-/m0/s1. The predicted octanol–water partition coefficient (Wildman–Crippen LogP) is 3.09. The molecule has 2 rings (SSSR count). The van der Waals surface area contributed by atoms with Crippen molar-refractivity contribution < 1.29 is 14.6 Å². The van der Waals surface area contributed by atoms with Crippen molar-refractivity contribution in [3.8, 4) is 5.75 Å². The van der Waals surface area contributed by atoms with E-state index in [9.17, 15) is 14.6 Å². The molecule has 5 heteroatoms. The summed E-state index contributed by atoms with van der Waals surface area (Å²) in [5.41, 5.74) is 1.09. The van der Waals surface area contributed by atoms with Crippen LogP contribution in [0.15, 0.2) is 30.6 Å². The van der Waals surface area contributed by atoms with Crippen LogP contribution in [0.2, 0.25) is 5.02 Å². The molecular formula is C13H13ClFNO2. The first-order valence-corrected chi connectivity index (χ1v) is 5.86. The maximum atomic E-state index is 13.4. The van der Waals surface area contributed by atoms with Gasteiger partial charge in [-0.3, -0.25) is 0 Å². The fraction of sp³-hybridized carbons (Fsp3) is 0.231. The van der Waals surface area contributed by atoms with Gasteiger partial charge in [-0.1, -0.05) is 11.6 Å². The molecule has 0 fully saturated rings. The molecule has 0 saturated heterocycles. The summed E-state index contributed by atoms with van der Waals surface area (Å²) < 4.78 is 15.1. The minimum atomic E-state index is -0.449. The normalized spacial score (nSPS) is 12.7. The summed E-state index contributed by atoms with van der Waals surface area (Å²) >= 11 is 5.91. The van der Waals surface area contributed by atoms with Gasteiger partial charge in [-0.15, -0.1) is 0 Å². The van der Waals surface area contributed by atoms with Crippen LogP contribution in [0.1, 0.15) is 24.1 Å². The molecule has 0 aliphatic heterocycles. The van der Waals surface area contributed by atoms with E-state index in [0.717, 1.165) is 0 Å². The Morgan fingerprint density at radius 3 is 2.72 bits per heavy atom. The topological polar surface area (TPSA) is 45.4 Å². The van der Waals surface area contributed by atoms with E-state index < -0.39 is 5.82 Å². The third-order valence-electron chi connectivity index (χ3n) is 2.95. The number of hydrogen-bond acceptors (Lipinski definition) is 2. The van der Waals surface area contributed by atoms with Crippen molar-refractivity contribution in [1.29, 1.82) is 0 Å². The van der Waals surface area contributed by atoms with E-state index in [-0.39, 0.29) is 23.4 Å². The zero-order chi connectivity index (χ0) is 13.3. The molecule has 0 spiro atoms. The van der Waals surface area contributed by atoms with Crippen LogP contribution in [-0.2, 0) is 6.61 Å². The van der Waals surface area contributed by atoms with Gasteiger partial charge in [-0.05, 0) is 30.7 Å². The number of halogens is 2. The van der Waals surface area contributed by atoms with Crippen LogP contribution < -0.4 is 0 Å². The van der Waals surface area contributed by atoms with Crippen molar-refractivity contribution in [1.82, 2.24) is 4.57 Å². The number of hydrogen-bond donors (Lipinski definition) is 2. The van der Waals surface area contributed by atoms with Gasteiger partial charge in [0.1, 0.15) is 11.6 Å². The molecule has 2 N–H and O–H groups in total. The molecule has 1 aromatic heterocycles. The molecule has 0 amide bonds. The summed E-state index contributed by atoms with van der Waals surface area (Å²) in [6.45, 7) is 1.58. The van der Waals surface area contributed by atoms with Crippen LogP contribution in [-0.4, -0.2) is 14.8 Å². The first-order valence-electron chi connectivity index (χ1n) is 5.48. The Kier molecular flexibility index (Phi) is 3.59. The van der Waals surface area contributed by atoms with Gasteiger partial charge < -0.3 is 14.8 Å². The van der Waals surface area contributed by atoms with Gasteiger partial charge in [0.15, 0.2) is 0 Å². The van der Waals surface area contributed by atoms with Crippen LogP contribution >= 0.6 is 11.6 Å². The minimum Gasteiger partial charge on any atom is -0.506 e. The van der Waals surface area contributed by atoms with Gasteiger partial charge in [0.2, 0.25) is 0 Å². The molecule has 0 aliphatic carbocycles. The molecule has 1 aromatic carbocycles.